The quantitative estimate of drug-likeness (QED) is 0.380. The molecule has 1 fully saturated rings. The van der Waals surface area contributed by atoms with Gasteiger partial charge in [-0.15, -0.1) is 0 Å². The van der Waals surface area contributed by atoms with Gasteiger partial charge in [0.05, 0.1) is 5.71 Å². The average Bonchev–Trinajstić information content (AvgIpc) is 2.03. The molecule has 1 aliphatic rings. The fraction of sp³-hybridized carbons (Fsp3) is 0.889. The minimum Gasteiger partial charge on any atom is -0.411 e. The van der Waals surface area contributed by atoms with Crippen molar-refractivity contribution in [1.29, 1.82) is 0 Å². The lowest BCUT2D eigenvalue weighted by Gasteiger charge is -2.32. The van der Waals surface area contributed by atoms with Crippen molar-refractivity contribution in [3.8, 4) is 0 Å². The molecule has 1 rings (SSSR count). The second kappa shape index (κ2) is 3.60. The summed E-state index contributed by atoms with van der Waals surface area (Å²) in [4.78, 5) is 0. The Morgan fingerprint density at radius 2 is 1.75 bits per heavy atom. The van der Waals surface area contributed by atoms with Crippen LogP contribution in [0, 0.1) is 0 Å². The summed E-state index contributed by atoms with van der Waals surface area (Å²) in [5, 5.41) is 11.9. The van der Waals surface area contributed by atoms with Gasteiger partial charge in [-0.05, 0) is 31.2 Å². The Bertz CT molecular complexity index is 173. The van der Waals surface area contributed by atoms with Crippen molar-refractivity contribution in [3.05, 3.63) is 0 Å². The Labute approximate surface area is 75.7 Å². The molecule has 0 bridgehead atoms. The summed E-state index contributed by atoms with van der Waals surface area (Å²) >= 11 is 0. The van der Waals surface area contributed by atoms with E-state index >= 15 is 0 Å². The maximum absolute atomic E-state index is 8.58. The molecule has 0 radical (unpaired) electrons. The predicted molar refractivity (Wildman–Crippen MR) is 54.8 cm³/mol. The van der Waals surface area contributed by atoms with E-state index in [2.05, 4.69) is 24.8 Å². The van der Waals surface area contributed by atoms with Crippen molar-refractivity contribution in [2.45, 2.75) is 50.9 Å². The molecule has 0 saturated heterocycles. The van der Waals surface area contributed by atoms with Crippen LogP contribution in [0.1, 0.15) is 25.7 Å². The maximum Gasteiger partial charge on any atom is 0.0570 e. The van der Waals surface area contributed by atoms with E-state index in [1.807, 2.05) is 0 Å². The minimum absolute atomic E-state index is 0.933. The lowest BCUT2D eigenvalue weighted by Crippen LogP contribution is -2.31. The molecule has 0 aromatic heterocycles. The van der Waals surface area contributed by atoms with E-state index in [-0.39, 0.29) is 0 Å². The Morgan fingerprint density at radius 3 is 2.08 bits per heavy atom. The van der Waals surface area contributed by atoms with E-state index in [4.69, 9.17) is 5.21 Å². The number of hydrogen-bond donors (Lipinski definition) is 1. The number of rotatable bonds is 1. The second-order valence-electron chi connectivity index (χ2n) is 4.81. The summed E-state index contributed by atoms with van der Waals surface area (Å²) in [5.74, 6) is 0. The van der Waals surface area contributed by atoms with Gasteiger partial charge in [-0.2, -0.15) is 0 Å². The van der Waals surface area contributed by atoms with Crippen molar-refractivity contribution in [1.82, 2.24) is 0 Å². The molecule has 0 heterocycles. The molecule has 0 unspecified atom stereocenters. The van der Waals surface area contributed by atoms with Crippen LogP contribution in [0.2, 0.25) is 25.2 Å². The summed E-state index contributed by atoms with van der Waals surface area (Å²) in [6, 6.07) is 0. The Balaban J connectivity index is 2.47. The van der Waals surface area contributed by atoms with Gasteiger partial charge in [0.25, 0.3) is 0 Å². The Morgan fingerprint density at radius 1 is 1.25 bits per heavy atom. The first kappa shape index (κ1) is 9.77. The third kappa shape index (κ3) is 2.34. The molecule has 3 heteroatoms. The highest BCUT2D eigenvalue weighted by molar-refractivity contribution is 6.77. The van der Waals surface area contributed by atoms with Gasteiger partial charge >= 0.3 is 0 Å². The van der Waals surface area contributed by atoms with Gasteiger partial charge in [0.1, 0.15) is 0 Å². The molecule has 0 spiro atoms. The topological polar surface area (TPSA) is 32.6 Å². The van der Waals surface area contributed by atoms with Crippen molar-refractivity contribution in [2.24, 2.45) is 5.16 Å². The fourth-order valence-corrected chi connectivity index (χ4v) is 3.94. The highest BCUT2D eigenvalue weighted by Gasteiger charge is 2.29. The van der Waals surface area contributed by atoms with Crippen LogP contribution >= 0.6 is 0 Å². The zero-order valence-electron chi connectivity index (χ0n) is 8.30. The van der Waals surface area contributed by atoms with Crippen LogP contribution in [0.3, 0.4) is 0 Å². The van der Waals surface area contributed by atoms with Gasteiger partial charge in [0.2, 0.25) is 0 Å². The highest BCUT2D eigenvalue weighted by Crippen LogP contribution is 2.35. The molecule has 70 valence electrons. The van der Waals surface area contributed by atoms with Crippen LogP contribution in [-0.2, 0) is 0 Å². The number of nitrogens with zero attached hydrogens (tertiary/aromatic N) is 1. The van der Waals surface area contributed by atoms with Gasteiger partial charge in [-0.1, -0.05) is 24.8 Å². The smallest absolute Gasteiger partial charge is 0.0570 e. The molecule has 0 atom stereocenters. The van der Waals surface area contributed by atoms with Crippen molar-refractivity contribution in [3.63, 3.8) is 0 Å². The van der Waals surface area contributed by atoms with Crippen molar-refractivity contribution in [2.75, 3.05) is 0 Å². The lowest BCUT2D eigenvalue weighted by atomic mass is 9.98. The SMILES string of the molecule is C[Si](C)(C)C1CCC(=NO)CC1. The van der Waals surface area contributed by atoms with Crippen LogP contribution in [0.5, 0.6) is 0 Å². The first-order valence-electron chi connectivity index (χ1n) is 4.74. The van der Waals surface area contributed by atoms with Gasteiger partial charge in [-0.25, -0.2) is 0 Å². The number of hydrogen-bond acceptors (Lipinski definition) is 2. The Kier molecular flexibility index (Phi) is 2.93. The first-order chi connectivity index (χ1) is 5.54. The molecule has 2 nitrogen and oxygen atoms in total. The third-order valence-electron chi connectivity index (χ3n) is 2.93. The molecule has 1 saturated carbocycles. The van der Waals surface area contributed by atoms with Crippen LogP contribution in [0.25, 0.3) is 0 Å². The standard InChI is InChI=1S/C9H19NOSi/c1-12(2,3)9-6-4-8(10-11)5-7-9/h9,11H,4-7H2,1-3H3. The Hall–Kier alpha value is -0.313. The van der Waals surface area contributed by atoms with Gasteiger partial charge in [0.15, 0.2) is 0 Å². The monoisotopic (exact) mass is 185 g/mol. The molecule has 1 aliphatic carbocycles. The van der Waals surface area contributed by atoms with E-state index in [1.54, 1.807) is 0 Å². The minimum atomic E-state index is -0.935. The molecule has 0 aromatic rings. The van der Waals surface area contributed by atoms with Crippen molar-refractivity contribution < 1.29 is 5.21 Å². The van der Waals surface area contributed by atoms with Crippen LogP contribution < -0.4 is 0 Å². The lowest BCUT2D eigenvalue weighted by molar-refractivity contribution is 0.314. The molecular formula is C9H19NOSi. The summed E-state index contributed by atoms with van der Waals surface area (Å²) in [7, 11) is -0.935. The van der Waals surface area contributed by atoms with E-state index in [0.717, 1.165) is 24.1 Å². The molecule has 1 N–H and O–H groups in total. The molecule has 0 aliphatic heterocycles. The summed E-state index contributed by atoms with van der Waals surface area (Å²) in [6.07, 6.45) is 4.53. The van der Waals surface area contributed by atoms with E-state index < -0.39 is 8.07 Å². The normalized spacial score (nSPS) is 25.6. The van der Waals surface area contributed by atoms with Crippen LogP contribution in [0.15, 0.2) is 5.16 Å². The highest BCUT2D eigenvalue weighted by atomic mass is 28.3. The summed E-state index contributed by atoms with van der Waals surface area (Å²) < 4.78 is 0. The van der Waals surface area contributed by atoms with Gasteiger partial charge < -0.3 is 5.21 Å². The van der Waals surface area contributed by atoms with E-state index in [1.165, 1.54) is 12.8 Å². The van der Waals surface area contributed by atoms with Gasteiger partial charge in [0, 0.05) is 8.07 Å². The van der Waals surface area contributed by atoms with E-state index in [0.29, 0.717) is 0 Å². The molecule has 12 heavy (non-hydrogen) atoms. The van der Waals surface area contributed by atoms with Crippen molar-refractivity contribution >= 4 is 13.8 Å². The maximum atomic E-state index is 8.58. The zero-order chi connectivity index (χ0) is 9.19. The predicted octanol–water partition coefficient (Wildman–Crippen LogP) is 3.10. The average molecular weight is 185 g/mol. The first-order valence-corrected chi connectivity index (χ1v) is 8.31. The summed E-state index contributed by atoms with van der Waals surface area (Å²) in [5.41, 5.74) is 1.94. The van der Waals surface area contributed by atoms with Gasteiger partial charge in [-0.3, -0.25) is 0 Å². The second-order valence-corrected chi connectivity index (χ2v) is 10.4. The third-order valence-corrected chi connectivity index (χ3v) is 5.96. The largest absolute Gasteiger partial charge is 0.411 e. The van der Waals surface area contributed by atoms with Crippen LogP contribution in [-0.4, -0.2) is 19.0 Å². The van der Waals surface area contributed by atoms with Crippen LogP contribution in [0.4, 0.5) is 0 Å². The molecular weight excluding hydrogens is 166 g/mol. The zero-order valence-corrected chi connectivity index (χ0v) is 9.30. The fourth-order valence-electron chi connectivity index (χ4n) is 1.92. The summed E-state index contributed by atoms with van der Waals surface area (Å²) in [6.45, 7) is 7.29. The molecule has 0 amide bonds. The van der Waals surface area contributed by atoms with E-state index in [9.17, 15) is 0 Å². The molecule has 0 aromatic carbocycles. The number of oxime groups is 1.